The summed E-state index contributed by atoms with van der Waals surface area (Å²) in [4.78, 5) is 18.1. The minimum absolute atomic E-state index is 0.0905. The summed E-state index contributed by atoms with van der Waals surface area (Å²) >= 11 is 0. The zero-order valence-corrected chi connectivity index (χ0v) is 14.6. The number of likely N-dealkylation sites (tertiary alicyclic amines) is 1. The third kappa shape index (κ3) is 3.33. The molecule has 1 aromatic carbocycles. The summed E-state index contributed by atoms with van der Waals surface area (Å²) in [5.41, 5.74) is 1.62. The van der Waals surface area contributed by atoms with Gasteiger partial charge >= 0.3 is 0 Å². The van der Waals surface area contributed by atoms with E-state index in [-0.39, 0.29) is 11.9 Å². The first kappa shape index (κ1) is 16.6. The second-order valence-corrected chi connectivity index (χ2v) is 6.61. The van der Waals surface area contributed by atoms with Gasteiger partial charge in [-0.25, -0.2) is 0 Å². The van der Waals surface area contributed by atoms with Gasteiger partial charge in [-0.05, 0) is 57.9 Å². The van der Waals surface area contributed by atoms with Crippen molar-refractivity contribution in [2.45, 2.75) is 58.7 Å². The van der Waals surface area contributed by atoms with Crippen molar-refractivity contribution in [2.24, 2.45) is 0 Å². The molecule has 0 bridgehead atoms. The third-order valence-corrected chi connectivity index (χ3v) is 4.73. The van der Waals surface area contributed by atoms with Crippen LogP contribution in [0.1, 0.15) is 52.5 Å². The highest BCUT2D eigenvalue weighted by Gasteiger charge is 2.34. The molecule has 6 nitrogen and oxygen atoms in total. The van der Waals surface area contributed by atoms with Crippen molar-refractivity contribution in [2.75, 3.05) is 5.32 Å². The normalized spacial score (nSPS) is 22.5. The lowest BCUT2D eigenvalue weighted by Gasteiger charge is -2.30. The molecule has 1 aliphatic heterocycles. The highest BCUT2D eigenvalue weighted by Crippen LogP contribution is 2.33. The van der Waals surface area contributed by atoms with Crippen LogP contribution < -0.4 is 5.32 Å². The van der Waals surface area contributed by atoms with Crippen LogP contribution in [0.3, 0.4) is 0 Å². The summed E-state index contributed by atoms with van der Waals surface area (Å²) in [5, 5.41) is 6.86. The van der Waals surface area contributed by atoms with Crippen molar-refractivity contribution < 1.29 is 9.32 Å². The number of anilines is 1. The summed E-state index contributed by atoms with van der Waals surface area (Å²) in [5.74, 6) is 1.13. The number of carbonyl (C=O) groups is 1. The van der Waals surface area contributed by atoms with Crippen molar-refractivity contribution >= 4 is 11.6 Å². The molecule has 0 unspecified atom stereocenters. The van der Waals surface area contributed by atoms with E-state index in [1.54, 1.807) is 0 Å². The zero-order valence-electron chi connectivity index (χ0n) is 14.6. The first-order chi connectivity index (χ1) is 11.5. The molecule has 6 heteroatoms. The van der Waals surface area contributed by atoms with E-state index in [2.05, 4.69) is 41.1 Å². The molecular weight excluding hydrogens is 304 g/mol. The number of nitrogens with one attached hydrogen (secondary N) is 1. The molecule has 1 amide bonds. The van der Waals surface area contributed by atoms with Crippen molar-refractivity contribution in [3.05, 3.63) is 30.2 Å². The minimum Gasteiger partial charge on any atom is -0.337 e. The molecule has 0 radical (unpaired) electrons. The van der Waals surface area contributed by atoms with E-state index in [1.807, 2.05) is 24.3 Å². The van der Waals surface area contributed by atoms with Crippen LogP contribution in [0.25, 0.3) is 11.4 Å². The van der Waals surface area contributed by atoms with Gasteiger partial charge in [0.15, 0.2) is 0 Å². The molecule has 3 rings (SSSR count). The Morgan fingerprint density at radius 1 is 1.25 bits per heavy atom. The Balaban J connectivity index is 1.76. The number of hydrogen-bond acceptors (Lipinski definition) is 5. The van der Waals surface area contributed by atoms with Crippen molar-refractivity contribution in [3.63, 3.8) is 0 Å². The Bertz CT molecular complexity index is 700. The largest absolute Gasteiger partial charge is 0.337 e. The average molecular weight is 328 g/mol. The first-order valence-corrected chi connectivity index (χ1v) is 8.44. The molecule has 0 saturated carbocycles. The molecule has 1 saturated heterocycles. The fourth-order valence-electron chi connectivity index (χ4n) is 3.53. The predicted octanol–water partition coefficient (Wildman–Crippen LogP) is 3.63. The van der Waals surface area contributed by atoms with Crippen LogP contribution in [0.5, 0.6) is 0 Å². The number of amides is 1. The molecule has 128 valence electrons. The standard InChI is InChI=1S/C18H24N4O2/c1-11-5-6-12(2)22(11)13(3)18-20-17(21-24-18)15-7-9-16(10-8-15)19-14(4)23/h7-13H,5-6H2,1-4H3,(H,19,23)/t11-,12-,13-/m0/s1. The summed E-state index contributed by atoms with van der Waals surface area (Å²) in [7, 11) is 0. The van der Waals surface area contributed by atoms with Crippen LogP contribution >= 0.6 is 0 Å². The molecule has 1 N–H and O–H groups in total. The van der Waals surface area contributed by atoms with Gasteiger partial charge < -0.3 is 9.84 Å². The van der Waals surface area contributed by atoms with Crippen molar-refractivity contribution in [1.29, 1.82) is 0 Å². The summed E-state index contributed by atoms with van der Waals surface area (Å²) in [6, 6.07) is 8.60. The highest BCUT2D eigenvalue weighted by molar-refractivity contribution is 5.88. The van der Waals surface area contributed by atoms with Crippen LogP contribution in [0, 0.1) is 0 Å². The lowest BCUT2D eigenvalue weighted by molar-refractivity contribution is -0.114. The Labute approximate surface area is 142 Å². The van der Waals surface area contributed by atoms with Gasteiger partial charge in [0.1, 0.15) is 0 Å². The van der Waals surface area contributed by atoms with Crippen LogP contribution in [0.4, 0.5) is 5.69 Å². The van der Waals surface area contributed by atoms with E-state index >= 15 is 0 Å². The van der Waals surface area contributed by atoms with E-state index in [4.69, 9.17) is 4.52 Å². The predicted molar refractivity (Wildman–Crippen MR) is 92.4 cm³/mol. The quantitative estimate of drug-likeness (QED) is 0.928. The van der Waals surface area contributed by atoms with Crippen LogP contribution in [0.15, 0.2) is 28.8 Å². The highest BCUT2D eigenvalue weighted by atomic mass is 16.5. The van der Waals surface area contributed by atoms with Crippen LogP contribution in [-0.4, -0.2) is 33.0 Å². The number of rotatable bonds is 4. The maximum atomic E-state index is 11.1. The lowest BCUT2D eigenvalue weighted by atomic mass is 10.2. The smallest absolute Gasteiger partial charge is 0.244 e. The minimum atomic E-state index is -0.0905. The summed E-state index contributed by atoms with van der Waals surface area (Å²) < 4.78 is 5.51. The maximum Gasteiger partial charge on any atom is 0.244 e. The summed E-state index contributed by atoms with van der Waals surface area (Å²) in [6.07, 6.45) is 2.41. The molecular formula is C18H24N4O2. The molecule has 2 aromatic rings. The van der Waals surface area contributed by atoms with E-state index in [1.165, 1.54) is 19.8 Å². The number of carbonyl (C=O) groups excluding carboxylic acids is 1. The Kier molecular flexibility index (Phi) is 4.66. The van der Waals surface area contributed by atoms with Gasteiger partial charge in [-0.3, -0.25) is 9.69 Å². The molecule has 0 aliphatic carbocycles. The molecule has 3 atom stereocenters. The molecule has 1 aliphatic rings. The lowest BCUT2D eigenvalue weighted by Crippen LogP contribution is -2.35. The Hall–Kier alpha value is -2.21. The number of hydrogen-bond donors (Lipinski definition) is 1. The zero-order chi connectivity index (χ0) is 17.3. The second kappa shape index (κ2) is 6.73. The second-order valence-electron chi connectivity index (χ2n) is 6.61. The Morgan fingerprint density at radius 3 is 2.46 bits per heavy atom. The van der Waals surface area contributed by atoms with Crippen LogP contribution in [0.2, 0.25) is 0 Å². The van der Waals surface area contributed by atoms with Crippen LogP contribution in [-0.2, 0) is 4.79 Å². The van der Waals surface area contributed by atoms with Gasteiger partial charge in [-0.1, -0.05) is 5.16 Å². The number of benzene rings is 1. The molecule has 1 aromatic heterocycles. The van der Waals surface area contributed by atoms with Gasteiger partial charge in [0, 0.05) is 30.3 Å². The van der Waals surface area contributed by atoms with Gasteiger partial charge in [0.25, 0.3) is 0 Å². The fourth-order valence-corrected chi connectivity index (χ4v) is 3.53. The fraction of sp³-hybridized carbons (Fsp3) is 0.500. The van der Waals surface area contributed by atoms with Crippen molar-refractivity contribution in [1.82, 2.24) is 15.0 Å². The number of aromatic nitrogens is 2. The molecule has 24 heavy (non-hydrogen) atoms. The van der Waals surface area contributed by atoms with E-state index in [9.17, 15) is 4.79 Å². The Morgan fingerprint density at radius 2 is 1.88 bits per heavy atom. The monoisotopic (exact) mass is 328 g/mol. The van der Waals surface area contributed by atoms with E-state index < -0.39 is 0 Å². The van der Waals surface area contributed by atoms with Gasteiger partial charge in [-0.2, -0.15) is 4.98 Å². The third-order valence-electron chi connectivity index (χ3n) is 4.73. The van der Waals surface area contributed by atoms with Gasteiger partial charge in [0.05, 0.1) is 6.04 Å². The first-order valence-electron chi connectivity index (χ1n) is 8.44. The molecule has 0 spiro atoms. The molecule has 2 heterocycles. The van der Waals surface area contributed by atoms with Gasteiger partial charge in [-0.15, -0.1) is 0 Å². The van der Waals surface area contributed by atoms with Gasteiger partial charge in [0.2, 0.25) is 17.6 Å². The van der Waals surface area contributed by atoms with Crippen molar-refractivity contribution in [3.8, 4) is 11.4 Å². The number of nitrogens with zero attached hydrogens (tertiary/aromatic N) is 3. The van der Waals surface area contributed by atoms with E-state index in [0.29, 0.717) is 23.8 Å². The maximum absolute atomic E-state index is 11.1. The summed E-state index contributed by atoms with van der Waals surface area (Å²) in [6.45, 7) is 8.10. The average Bonchev–Trinajstić information content (AvgIpc) is 3.14. The van der Waals surface area contributed by atoms with E-state index in [0.717, 1.165) is 11.3 Å². The topological polar surface area (TPSA) is 71.3 Å². The SMILES string of the molecule is CC(=O)Nc1ccc(-c2noc([C@H](C)N3[C@@H](C)CC[C@@H]3C)n2)cc1. The molecule has 1 fully saturated rings.